The lowest BCUT2D eigenvalue weighted by atomic mass is 9.95. The molecule has 2 N–H and O–H groups in total. The van der Waals surface area contributed by atoms with Crippen molar-refractivity contribution in [1.29, 1.82) is 0 Å². The standard InChI is InChI=1S/C25H25BrFN3O3S/c26-20-3-7-23(8-4-20)29-34(32,33)24-11-9-22(10-12-24)28-25(31)19-13-15-30(16-14-19)17-18-1-5-21(27)6-2-18/h1-12,19,29H,13-17H2,(H,28,31). The molecule has 0 aromatic heterocycles. The number of hydrogen-bond donors (Lipinski definition) is 2. The molecule has 3 aromatic carbocycles. The zero-order valence-electron chi connectivity index (χ0n) is 18.4. The maximum Gasteiger partial charge on any atom is 0.261 e. The quantitative estimate of drug-likeness (QED) is 0.425. The molecule has 1 fully saturated rings. The van der Waals surface area contributed by atoms with Crippen molar-refractivity contribution in [2.75, 3.05) is 23.1 Å². The number of nitrogens with zero attached hydrogens (tertiary/aromatic N) is 1. The van der Waals surface area contributed by atoms with Crippen LogP contribution >= 0.6 is 15.9 Å². The van der Waals surface area contributed by atoms with Crippen LogP contribution in [0.25, 0.3) is 0 Å². The summed E-state index contributed by atoms with van der Waals surface area (Å²) in [5.41, 5.74) is 2.07. The van der Waals surface area contributed by atoms with E-state index in [4.69, 9.17) is 0 Å². The first-order chi connectivity index (χ1) is 16.3. The van der Waals surface area contributed by atoms with E-state index in [1.165, 1.54) is 24.3 Å². The molecule has 0 spiro atoms. The highest BCUT2D eigenvalue weighted by molar-refractivity contribution is 9.10. The summed E-state index contributed by atoms with van der Waals surface area (Å²) in [5.74, 6) is -0.414. The molecule has 1 aliphatic rings. The van der Waals surface area contributed by atoms with Crippen molar-refractivity contribution in [1.82, 2.24) is 4.90 Å². The summed E-state index contributed by atoms with van der Waals surface area (Å²) in [4.78, 5) is 15.1. The number of anilines is 2. The molecule has 1 amide bonds. The number of benzene rings is 3. The Hall–Kier alpha value is -2.75. The largest absolute Gasteiger partial charge is 0.326 e. The highest BCUT2D eigenvalue weighted by Gasteiger charge is 2.25. The van der Waals surface area contributed by atoms with E-state index in [1.807, 2.05) is 0 Å². The van der Waals surface area contributed by atoms with Gasteiger partial charge in [-0.2, -0.15) is 0 Å². The van der Waals surface area contributed by atoms with Crippen LogP contribution in [0.4, 0.5) is 15.8 Å². The van der Waals surface area contributed by atoms with Gasteiger partial charge in [-0.3, -0.25) is 14.4 Å². The Morgan fingerprint density at radius 2 is 1.50 bits per heavy atom. The minimum absolute atomic E-state index is 0.0648. The third kappa shape index (κ3) is 6.43. The number of carbonyl (C=O) groups excluding carboxylic acids is 1. The van der Waals surface area contributed by atoms with Crippen LogP contribution in [0, 0.1) is 11.7 Å². The van der Waals surface area contributed by atoms with Crippen molar-refractivity contribution < 1.29 is 17.6 Å². The number of halogens is 2. The number of carbonyl (C=O) groups is 1. The fourth-order valence-corrected chi connectivity index (χ4v) is 5.22. The van der Waals surface area contributed by atoms with Crippen LogP contribution in [0.2, 0.25) is 0 Å². The summed E-state index contributed by atoms with van der Waals surface area (Å²) in [5, 5.41) is 2.90. The lowest BCUT2D eigenvalue weighted by molar-refractivity contribution is -0.121. The minimum Gasteiger partial charge on any atom is -0.326 e. The van der Waals surface area contributed by atoms with E-state index in [0.29, 0.717) is 11.4 Å². The molecule has 0 aliphatic carbocycles. The molecule has 6 nitrogen and oxygen atoms in total. The van der Waals surface area contributed by atoms with E-state index in [1.54, 1.807) is 48.5 Å². The normalized spacial score (nSPS) is 15.1. The molecule has 1 aliphatic heterocycles. The van der Waals surface area contributed by atoms with Crippen molar-refractivity contribution in [2.45, 2.75) is 24.3 Å². The summed E-state index contributed by atoms with van der Waals surface area (Å²) in [6.45, 7) is 2.31. The van der Waals surface area contributed by atoms with Crippen LogP contribution in [0.5, 0.6) is 0 Å². The van der Waals surface area contributed by atoms with Crippen molar-refractivity contribution in [2.24, 2.45) is 5.92 Å². The average Bonchev–Trinajstić information content (AvgIpc) is 2.83. The smallest absolute Gasteiger partial charge is 0.261 e. The molecule has 0 bridgehead atoms. The van der Waals surface area contributed by atoms with E-state index in [9.17, 15) is 17.6 Å². The van der Waals surface area contributed by atoms with E-state index < -0.39 is 10.0 Å². The number of hydrogen-bond acceptors (Lipinski definition) is 4. The van der Waals surface area contributed by atoms with Crippen LogP contribution in [0.3, 0.4) is 0 Å². The Bertz CT molecular complexity index is 1230. The number of nitrogens with one attached hydrogen (secondary N) is 2. The zero-order chi connectivity index (χ0) is 24.1. The molecule has 0 saturated carbocycles. The predicted octanol–water partition coefficient (Wildman–Crippen LogP) is 5.24. The van der Waals surface area contributed by atoms with E-state index in [-0.39, 0.29) is 22.5 Å². The van der Waals surface area contributed by atoms with Gasteiger partial charge in [0, 0.05) is 28.3 Å². The van der Waals surface area contributed by atoms with Gasteiger partial charge < -0.3 is 5.32 Å². The van der Waals surface area contributed by atoms with Gasteiger partial charge in [0.2, 0.25) is 5.91 Å². The van der Waals surface area contributed by atoms with E-state index in [2.05, 4.69) is 30.9 Å². The molecular weight excluding hydrogens is 521 g/mol. The Kier molecular flexibility index (Phi) is 7.65. The van der Waals surface area contributed by atoms with Crippen LogP contribution in [-0.4, -0.2) is 32.3 Å². The summed E-state index contributed by atoms with van der Waals surface area (Å²) in [6, 6.07) is 19.5. The van der Waals surface area contributed by atoms with Crippen LogP contribution in [0.15, 0.2) is 82.2 Å². The molecule has 1 saturated heterocycles. The van der Waals surface area contributed by atoms with Gasteiger partial charge in [-0.05, 0) is 92.2 Å². The van der Waals surface area contributed by atoms with Gasteiger partial charge >= 0.3 is 0 Å². The number of rotatable bonds is 7. The maximum atomic E-state index is 13.1. The zero-order valence-corrected chi connectivity index (χ0v) is 20.8. The van der Waals surface area contributed by atoms with Crippen LogP contribution < -0.4 is 10.0 Å². The number of piperidine rings is 1. The van der Waals surface area contributed by atoms with Gasteiger partial charge in [0.1, 0.15) is 5.82 Å². The van der Waals surface area contributed by atoms with Gasteiger partial charge in [-0.25, -0.2) is 12.8 Å². The number of sulfonamides is 1. The molecule has 178 valence electrons. The van der Waals surface area contributed by atoms with Crippen LogP contribution in [0.1, 0.15) is 18.4 Å². The van der Waals surface area contributed by atoms with Gasteiger partial charge in [0.25, 0.3) is 10.0 Å². The molecule has 1 heterocycles. The fraction of sp³-hybridized carbons (Fsp3) is 0.240. The Morgan fingerprint density at radius 3 is 2.12 bits per heavy atom. The van der Waals surface area contributed by atoms with E-state index in [0.717, 1.165) is 42.5 Å². The molecular formula is C25H25BrFN3O3S. The van der Waals surface area contributed by atoms with Gasteiger partial charge in [0.15, 0.2) is 0 Å². The molecule has 0 unspecified atom stereocenters. The van der Waals surface area contributed by atoms with Gasteiger partial charge in [-0.1, -0.05) is 28.1 Å². The van der Waals surface area contributed by atoms with Crippen molar-refractivity contribution in [3.8, 4) is 0 Å². The summed E-state index contributed by atoms with van der Waals surface area (Å²) >= 11 is 3.32. The predicted molar refractivity (Wildman–Crippen MR) is 134 cm³/mol. The molecule has 9 heteroatoms. The van der Waals surface area contributed by atoms with E-state index >= 15 is 0 Å². The first-order valence-corrected chi connectivity index (χ1v) is 13.2. The van der Waals surface area contributed by atoms with Crippen molar-refractivity contribution in [3.05, 3.63) is 88.6 Å². The van der Waals surface area contributed by atoms with Crippen LogP contribution in [-0.2, 0) is 21.4 Å². The van der Waals surface area contributed by atoms with Crippen molar-refractivity contribution >= 4 is 43.2 Å². The summed E-state index contributed by atoms with van der Waals surface area (Å²) < 4.78 is 41.7. The van der Waals surface area contributed by atoms with Crippen molar-refractivity contribution in [3.63, 3.8) is 0 Å². The minimum atomic E-state index is -3.73. The first-order valence-electron chi connectivity index (χ1n) is 10.9. The molecule has 4 rings (SSSR count). The molecule has 34 heavy (non-hydrogen) atoms. The molecule has 0 atom stereocenters. The fourth-order valence-electron chi connectivity index (χ4n) is 3.90. The molecule has 0 radical (unpaired) electrons. The Balaban J connectivity index is 1.29. The summed E-state index contributed by atoms with van der Waals surface area (Å²) in [6.07, 6.45) is 1.47. The number of likely N-dealkylation sites (tertiary alicyclic amines) is 1. The third-order valence-electron chi connectivity index (χ3n) is 5.81. The maximum absolute atomic E-state index is 13.1. The average molecular weight is 546 g/mol. The second-order valence-corrected chi connectivity index (χ2v) is 10.9. The third-order valence-corrected chi connectivity index (χ3v) is 7.73. The molecule has 3 aromatic rings. The first kappa shape index (κ1) is 24.4. The van der Waals surface area contributed by atoms with Gasteiger partial charge in [0.05, 0.1) is 4.90 Å². The second-order valence-electron chi connectivity index (χ2n) is 8.30. The lowest BCUT2D eigenvalue weighted by Gasteiger charge is -2.31. The second kappa shape index (κ2) is 10.7. The number of amides is 1. The monoisotopic (exact) mass is 545 g/mol. The summed E-state index contributed by atoms with van der Waals surface area (Å²) in [7, 11) is -3.73. The Morgan fingerprint density at radius 1 is 0.912 bits per heavy atom. The highest BCUT2D eigenvalue weighted by Crippen LogP contribution is 2.23. The van der Waals surface area contributed by atoms with Gasteiger partial charge in [-0.15, -0.1) is 0 Å². The SMILES string of the molecule is O=C(Nc1ccc(S(=O)(=O)Nc2ccc(Br)cc2)cc1)C1CCN(Cc2ccc(F)cc2)CC1. The Labute approximate surface area is 207 Å². The topological polar surface area (TPSA) is 78.5 Å². The highest BCUT2D eigenvalue weighted by atomic mass is 79.9. The lowest BCUT2D eigenvalue weighted by Crippen LogP contribution is -2.37.